The molecule has 0 fully saturated rings. The lowest BCUT2D eigenvalue weighted by molar-refractivity contribution is -0.384. The molecule has 2 aromatic heterocycles. The summed E-state index contributed by atoms with van der Waals surface area (Å²) in [5.41, 5.74) is 7.04. The smallest absolute Gasteiger partial charge is 0.317 e. The number of aromatic nitrogens is 2. The number of anilines is 1. The number of nitrogen functional groups attached to an aromatic ring is 1. The summed E-state index contributed by atoms with van der Waals surface area (Å²) in [7, 11) is 0. The molecule has 100 valence electrons. The Morgan fingerprint density at radius 2 is 2.15 bits per heavy atom. The second kappa shape index (κ2) is 4.30. The quantitative estimate of drug-likeness (QED) is 0.566. The van der Waals surface area contributed by atoms with Gasteiger partial charge in [0.05, 0.1) is 4.92 Å². The predicted molar refractivity (Wildman–Crippen MR) is 73.0 cm³/mol. The molecule has 3 rings (SSSR count). The summed E-state index contributed by atoms with van der Waals surface area (Å²) in [4.78, 5) is 18.0. The lowest BCUT2D eigenvalue weighted by Gasteiger charge is -1.98. The van der Waals surface area contributed by atoms with Crippen molar-refractivity contribution in [3.05, 3.63) is 46.1 Å². The second-order valence-corrected chi connectivity index (χ2v) is 4.37. The molecule has 0 spiro atoms. The predicted octanol–water partition coefficient (Wildman–Crippen LogP) is 2.69. The average molecular weight is 270 g/mol. The molecule has 0 amide bonds. The first-order valence-electron chi connectivity index (χ1n) is 5.82. The van der Waals surface area contributed by atoms with Crippen molar-refractivity contribution < 1.29 is 9.34 Å². The van der Waals surface area contributed by atoms with Gasteiger partial charge in [-0.25, -0.2) is 9.97 Å². The zero-order valence-corrected chi connectivity index (χ0v) is 10.5. The zero-order chi connectivity index (χ0) is 14.3. The fourth-order valence-corrected chi connectivity index (χ4v) is 1.98. The number of rotatable bonds is 2. The number of nitro groups is 1. The van der Waals surface area contributed by atoms with Gasteiger partial charge in [-0.15, -0.1) is 0 Å². The molecule has 0 aliphatic rings. The molecule has 20 heavy (non-hydrogen) atoms. The average Bonchev–Trinajstić information content (AvgIpc) is 2.81. The number of nitrogens with two attached hydrogens (primary N) is 1. The third-order valence-corrected chi connectivity index (χ3v) is 2.89. The van der Waals surface area contributed by atoms with Gasteiger partial charge < -0.3 is 10.2 Å². The van der Waals surface area contributed by atoms with Gasteiger partial charge in [0, 0.05) is 5.39 Å². The Morgan fingerprint density at radius 1 is 1.35 bits per heavy atom. The van der Waals surface area contributed by atoms with Gasteiger partial charge in [-0.05, 0) is 25.1 Å². The monoisotopic (exact) mass is 270 g/mol. The van der Waals surface area contributed by atoms with E-state index >= 15 is 0 Å². The Bertz CT molecular complexity index is 826. The third kappa shape index (κ3) is 1.95. The first-order valence-corrected chi connectivity index (χ1v) is 5.82. The van der Waals surface area contributed by atoms with Gasteiger partial charge in [-0.2, -0.15) is 0 Å². The molecule has 3 aromatic rings. The Labute approximate surface area is 113 Å². The molecule has 0 saturated carbocycles. The van der Waals surface area contributed by atoms with Gasteiger partial charge in [0.25, 0.3) is 0 Å². The van der Waals surface area contributed by atoms with Crippen molar-refractivity contribution in [1.29, 1.82) is 0 Å². The third-order valence-electron chi connectivity index (χ3n) is 2.89. The highest BCUT2D eigenvalue weighted by atomic mass is 16.6. The molecular formula is C13H10N4O3. The second-order valence-electron chi connectivity index (χ2n) is 4.37. The first-order chi connectivity index (χ1) is 9.54. The first kappa shape index (κ1) is 12.1. The summed E-state index contributed by atoms with van der Waals surface area (Å²) >= 11 is 0. The summed E-state index contributed by atoms with van der Waals surface area (Å²) in [5, 5.41) is 11.9. The highest BCUT2D eigenvalue weighted by Crippen LogP contribution is 2.32. The number of aryl methyl sites for hydroxylation is 1. The van der Waals surface area contributed by atoms with E-state index in [0.29, 0.717) is 11.3 Å². The van der Waals surface area contributed by atoms with Crippen LogP contribution in [0.15, 0.2) is 34.9 Å². The molecule has 0 saturated heterocycles. The Kier molecular flexibility index (Phi) is 2.60. The van der Waals surface area contributed by atoms with Crippen LogP contribution in [0.4, 0.5) is 11.6 Å². The Morgan fingerprint density at radius 3 is 2.90 bits per heavy atom. The Hall–Kier alpha value is -2.96. The minimum Gasteiger partial charge on any atom is -0.454 e. The number of hydrogen-bond donors (Lipinski definition) is 1. The van der Waals surface area contributed by atoms with E-state index < -0.39 is 4.92 Å². The Balaban J connectivity index is 2.24. The van der Waals surface area contributed by atoms with E-state index in [-0.39, 0.29) is 17.3 Å². The largest absolute Gasteiger partial charge is 0.454 e. The molecule has 0 aliphatic carbocycles. The maximum Gasteiger partial charge on any atom is 0.317 e. The number of fused-ring (bicyclic) bond motifs is 1. The van der Waals surface area contributed by atoms with Gasteiger partial charge in [0.1, 0.15) is 11.8 Å². The summed E-state index contributed by atoms with van der Waals surface area (Å²) in [5.74, 6) is 0.258. The molecule has 0 unspecified atom stereocenters. The topological polar surface area (TPSA) is 108 Å². The van der Waals surface area contributed by atoms with Crippen molar-refractivity contribution in [3.8, 4) is 11.5 Å². The molecule has 2 N–H and O–H groups in total. The number of benzene rings is 1. The lowest BCUT2D eigenvalue weighted by Crippen LogP contribution is -2.00. The van der Waals surface area contributed by atoms with Crippen LogP contribution in [-0.4, -0.2) is 14.9 Å². The van der Waals surface area contributed by atoms with Crippen LogP contribution >= 0.6 is 0 Å². The van der Waals surface area contributed by atoms with Crippen LogP contribution < -0.4 is 5.73 Å². The standard InChI is InChI=1S/C13H10N4O3/c1-7-2-3-10-8(4-7)5-11(20-10)12-9(17(18)19)6-15-13(14)16-12/h2-6H,1H3,(H2,14,15,16). The van der Waals surface area contributed by atoms with Crippen molar-refractivity contribution >= 4 is 22.6 Å². The van der Waals surface area contributed by atoms with Crippen LogP contribution in [0.3, 0.4) is 0 Å². The van der Waals surface area contributed by atoms with E-state index in [4.69, 9.17) is 10.2 Å². The number of hydrogen-bond acceptors (Lipinski definition) is 6. The van der Waals surface area contributed by atoms with E-state index in [0.717, 1.165) is 17.1 Å². The zero-order valence-electron chi connectivity index (χ0n) is 10.5. The van der Waals surface area contributed by atoms with E-state index in [9.17, 15) is 10.1 Å². The fraction of sp³-hybridized carbons (Fsp3) is 0.0769. The van der Waals surface area contributed by atoms with E-state index in [1.807, 2.05) is 25.1 Å². The van der Waals surface area contributed by atoms with Crippen molar-refractivity contribution in [1.82, 2.24) is 9.97 Å². The van der Waals surface area contributed by atoms with Crippen LogP contribution in [0.1, 0.15) is 5.56 Å². The number of furan rings is 1. The molecule has 0 bridgehead atoms. The molecule has 1 aromatic carbocycles. The van der Waals surface area contributed by atoms with Gasteiger partial charge in [-0.1, -0.05) is 11.6 Å². The normalized spacial score (nSPS) is 10.8. The van der Waals surface area contributed by atoms with Crippen LogP contribution in [0.5, 0.6) is 0 Å². The number of nitrogens with zero attached hydrogens (tertiary/aromatic N) is 3. The minimum atomic E-state index is -0.562. The lowest BCUT2D eigenvalue weighted by atomic mass is 10.2. The molecule has 0 aliphatic heterocycles. The highest BCUT2D eigenvalue weighted by molar-refractivity contribution is 5.84. The molecule has 0 radical (unpaired) electrons. The van der Waals surface area contributed by atoms with Gasteiger partial charge in [0.15, 0.2) is 11.5 Å². The molecular weight excluding hydrogens is 260 g/mol. The molecule has 7 nitrogen and oxygen atoms in total. The van der Waals surface area contributed by atoms with E-state index in [1.54, 1.807) is 6.07 Å². The van der Waals surface area contributed by atoms with Gasteiger partial charge >= 0.3 is 5.69 Å². The van der Waals surface area contributed by atoms with Crippen molar-refractivity contribution in [2.45, 2.75) is 6.92 Å². The summed E-state index contributed by atoms with van der Waals surface area (Å²) < 4.78 is 5.60. The fourth-order valence-electron chi connectivity index (χ4n) is 1.98. The minimum absolute atomic E-state index is 0.0396. The SMILES string of the molecule is Cc1ccc2oc(-c3nc(N)ncc3[N+](=O)[O-])cc2c1. The van der Waals surface area contributed by atoms with Crippen LogP contribution in [0, 0.1) is 17.0 Å². The summed E-state index contributed by atoms with van der Waals surface area (Å²) in [6.45, 7) is 1.96. The maximum absolute atomic E-state index is 11.0. The maximum atomic E-state index is 11.0. The van der Waals surface area contributed by atoms with Crippen LogP contribution in [0.25, 0.3) is 22.4 Å². The highest BCUT2D eigenvalue weighted by Gasteiger charge is 2.21. The van der Waals surface area contributed by atoms with Crippen molar-refractivity contribution in [2.75, 3.05) is 5.73 Å². The van der Waals surface area contributed by atoms with E-state index in [2.05, 4.69) is 9.97 Å². The molecule has 7 heteroatoms. The van der Waals surface area contributed by atoms with Crippen LogP contribution in [-0.2, 0) is 0 Å². The summed E-state index contributed by atoms with van der Waals surface area (Å²) in [6, 6.07) is 7.35. The molecule has 2 heterocycles. The summed E-state index contributed by atoms with van der Waals surface area (Å²) in [6.07, 6.45) is 1.08. The van der Waals surface area contributed by atoms with E-state index in [1.165, 1.54) is 0 Å². The van der Waals surface area contributed by atoms with Gasteiger partial charge in [0.2, 0.25) is 5.95 Å². The van der Waals surface area contributed by atoms with Crippen LogP contribution in [0.2, 0.25) is 0 Å². The molecule has 0 atom stereocenters. The van der Waals surface area contributed by atoms with Gasteiger partial charge in [-0.3, -0.25) is 10.1 Å². The van der Waals surface area contributed by atoms with Crippen molar-refractivity contribution in [3.63, 3.8) is 0 Å². The van der Waals surface area contributed by atoms with Crippen molar-refractivity contribution in [2.24, 2.45) is 0 Å².